The second kappa shape index (κ2) is 14.1. The van der Waals surface area contributed by atoms with Gasteiger partial charge in [-0.1, -0.05) is 119 Å². The highest BCUT2D eigenvalue weighted by Crippen LogP contribution is 2.38. The minimum Gasteiger partial charge on any atom is -0.311 e. The number of anilines is 6. The lowest BCUT2D eigenvalue weighted by Gasteiger charge is -2.26. The summed E-state index contributed by atoms with van der Waals surface area (Å²) >= 11 is 0. The molecule has 2 nitrogen and oxygen atoms in total. The van der Waals surface area contributed by atoms with Gasteiger partial charge in [0.25, 0.3) is 0 Å². The van der Waals surface area contributed by atoms with E-state index in [0.29, 0.717) is 0 Å². The first-order valence-electron chi connectivity index (χ1n) is 18.0. The molecule has 252 valence electrons. The van der Waals surface area contributed by atoms with E-state index in [9.17, 15) is 0 Å². The zero-order valence-electron chi connectivity index (χ0n) is 30.2. The Kier molecular flexibility index (Phi) is 8.89. The van der Waals surface area contributed by atoms with Gasteiger partial charge in [-0.05, 0) is 146 Å². The van der Waals surface area contributed by atoms with E-state index in [-0.39, 0.29) is 0 Å². The zero-order valence-corrected chi connectivity index (χ0v) is 30.2. The molecule has 0 fully saturated rings. The van der Waals surface area contributed by atoms with Crippen LogP contribution < -0.4 is 9.80 Å². The lowest BCUT2D eigenvalue weighted by Crippen LogP contribution is -2.09. The van der Waals surface area contributed by atoms with Crippen molar-refractivity contribution >= 4 is 44.9 Å². The van der Waals surface area contributed by atoms with Crippen LogP contribution in [0.5, 0.6) is 0 Å². The molecule has 52 heavy (non-hydrogen) atoms. The van der Waals surface area contributed by atoms with Crippen LogP contribution >= 0.6 is 0 Å². The third-order valence-corrected chi connectivity index (χ3v) is 9.93. The summed E-state index contributed by atoms with van der Waals surface area (Å²) in [5.74, 6) is 0. The Morgan fingerprint density at radius 2 is 0.462 bits per heavy atom. The second-order valence-corrected chi connectivity index (χ2v) is 13.9. The van der Waals surface area contributed by atoms with Crippen LogP contribution in [0.2, 0.25) is 0 Å². The van der Waals surface area contributed by atoms with Crippen molar-refractivity contribution in [3.63, 3.8) is 0 Å². The van der Waals surface area contributed by atoms with E-state index in [1.807, 2.05) is 0 Å². The molecule has 8 rings (SSSR count). The third kappa shape index (κ3) is 6.84. The summed E-state index contributed by atoms with van der Waals surface area (Å²) in [5.41, 5.74) is 16.6. The van der Waals surface area contributed by atoms with Gasteiger partial charge in [0, 0.05) is 34.1 Å². The van der Waals surface area contributed by atoms with E-state index in [0.717, 1.165) is 34.1 Å². The first-order chi connectivity index (χ1) is 25.4. The minimum atomic E-state index is 1.13. The molecule has 0 aliphatic heterocycles. The maximum Gasteiger partial charge on any atom is 0.0462 e. The minimum absolute atomic E-state index is 1.13. The Bertz CT molecular complexity index is 2180. The van der Waals surface area contributed by atoms with Crippen molar-refractivity contribution in [2.75, 3.05) is 9.80 Å². The van der Waals surface area contributed by atoms with Crippen LogP contribution in [0.4, 0.5) is 34.1 Å². The van der Waals surface area contributed by atoms with Gasteiger partial charge in [-0.2, -0.15) is 0 Å². The molecule has 0 aromatic heterocycles. The maximum atomic E-state index is 2.32. The molecule has 0 aliphatic rings. The lowest BCUT2D eigenvalue weighted by molar-refractivity contribution is 1.27. The van der Waals surface area contributed by atoms with E-state index in [2.05, 4.69) is 219 Å². The Balaban J connectivity index is 1.08. The molecule has 0 unspecified atom stereocenters. The number of fused-ring (bicyclic) bond motifs is 1. The lowest BCUT2D eigenvalue weighted by atomic mass is 9.97. The summed E-state index contributed by atoms with van der Waals surface area (Å²) in [6, 6.07) is 66.4. The number of nitrogens with zero attached hydrogens (tertiary/aromatic N) is 2. The van der Waals surface area contributed by atoms with Gasteiger partial charge in [0.05, 0.1) is 0 Å². The first kappa shape index (κ1) is 32.8. The van der Waals surface area contributed by atoms with Crippen molar-refractivity contribution < 1.29 is 0 Å². The summed E-state index contributed by atoms with van der Waals surface area (Å²) in [5, 5.41) is 2.46. The van der Waals surface area contributed by atoms with Gasteiger partial charge in [0.15, 0.2) is 0 Å². The highest BCUT2D eigenvalue weighted by Gasteiger charge is 2.15. The number of benzene rings is 8. The molecule has 0 heterocycles. The predicted octanol–water partition coefficient (Wildman–Crippen LogP) is 14.3. The van der Waals surface area contributed by atoms with E-state index in [1.165, 1.54) is 55.3 Å². The fourth-order valence-electron chi connectivity index (χ4n) is 6.88. The highest BCUT2D eigenvalue weighted by atomic mass is 15.1. The summed E-state index contributed by atoms with van der Waals surface area (Å²) in [7, 11) is 0. The highest BCUT2D eigenvalue weighted by molar-refractivity contribution is 5.91. The second-order valence-electron chi connectivity index (χ2n) is 13.9. The van der Waals surface area contributed by atoms with Gasteiger partial charge < -0.3 is 9.80 Å². The van der Waals surface area contributed by atoms with Crippen LogP contribution in [0.15, 0.2) is 182 Å². The van der Waals surface area contributed by atoms with Crippen molar-refractivity contribution in [3.8, 4) is 22.3 Å². The molecule has 0 amide bonds. The summed E-state index contributed by atoms with van der Waals surface area (Å²) in [4.78, 5) is 4.64. The molecule has 0 saturated carbocycles. The van der Waals surface area contributed by atoms with Crippen LogP contribution in [0.25, 0.3) is 33.0 Å². The summed E-state index contributed by atoms with van der Waals surface area (Å²) in [6.07, 6.45) is 0. The molecule has 0 atom stereocenters. The van der Waals surface area contributed by atoms with Gasteiger partial charge in [0.2, 0.25) is 0 Å². The molecular weight excluding hydrogens is 629 g/mol. The molecule has 0 bridgehead atoms. The fraction of sp³-hybridized carbons (Fsp3) is 0.0800. The van der Waals surface area contributed by atoms with Gasteiger partial charge >= 0.3 is 0 Å². The van der Waals surface area contributed by atoms with Crippen molar-refractivity contribution in [2.45, 2.75) is 27.7 Å². The molecule has 2 heteroatoms. The SMILES string of the molecule is Cc1ccc(N(c2ccc(C)cc2)c2ccc(-c3ccc4ccc(-c5ccc(N(c6ccc(C)cc6)c6ccc(C)cc6)cc5)cc4c3)cc2)cc1. The van der Waals surface area contributed by atoms with Crippen molar-refractivity contribution in [1.82, 2.24) is 0 Å². The Morgan fingerprint density at radius 3 is 0.731 bits per heavy atom. The van der Waals surface area contributed by atoms with E-state index in [4.69, 9.17) is 0 Å². The first-order valence-corrected chi connectivity index (χ1v) is 18.0. The number of aryl methyl sites for hydroxylation is 4. The molecule has 0 radical (unpaired) electrons. The molecule has 0 N–H and O–H groups in total. The number of hydrogen-bond acceptors (Lipinski definition) is 2. The van der Waals surface area contributed by atoms with Gasteiger partial charge in [0.1, 0.15) is 0 Å². The topological polar surface area (TPSA) is 6.48 Å². The quantitative estimate of drug-likeness (QED) is 0.159. The average molecular weight is 671 g/mol. The van der Waals surface area contributed by atoms with Gasteiger partial charge in [-0.3, -0.25) is 0 Å². The molecule has 8 aromatic carbocycles. The number of rotatable bonds is 8. The predicted molar refractivity (Wildman–Crippen MR) is 223 cm³/mol. The van der Waals surface area contributed by atoms with Crippen LogP contribution in [0.1, 0.15) is 22.3 Å². The molecule has 0 spiro atoms. The van der Waals surface area contributed by atoms with Crippen LogP contribution in [-0.4, -0.2) is 0 Å². The van der Waals surface area contributed by atoms with Crippen molar-refractivity contribution in [3.05, 3.63) is 204 Å². The zero-order chi connectivity index (χ0) is 35.6. The third-order valence-electron chi connectivity index (χ3n) is 9.93. The largest absolute Gasteiger partial charge is 0.311 e. The Labute approximate surface area is 307 Å². The van der Waals surface area contributed by atoms with Crippen molar-refractivity contribution in [2.24, 2.45) is 0 Å². The fourth-order valence-corrected chi connectivity index (χ4v) is 6.88. The Hall–Kier alpha value is -6.38. The molecule has 0 saturated heterocycles. The average Bonchev–Trinajstić information content (AvgIpc) is 3.18. The van der Waals surface area contributed by atoms with E-state index < -0.39 is 0 Å². The van der Waals surface area contributed by atoms with Crippen molar-refractivity contribution in [1.29, 1.82) is 0 Å². The number of hydrogen-bond donors (Lipinski definition) is 0. The van der Waals surface area contributed by atoms with Crippen LogP contribution in [-0.2, 0) is 0 Å². The monoisotopic (exact) mass is 670 g/mol. The smallest absolute Gasteiger partial charge is 0.0462 e. The summed E-state index contributed by atoms with van der Waals surface area (Å²) < 4.78 is 0. The maximum absolute atomic E-state index is 2.32. The molecule has 0 aliphatic carbocycles. The standard InChI is InChI=1S/C50H42N2/c1-35-5-21-45(22-6-35)51(46-23-7-36(2)8-24-46)49-29-17-39(18-30-49)42-15-13-41-14-16-43(34-44(41)33-42)40-19-31-50(32-20-40)52(47-25-9-37(3)10-26-47)48-27-11-38(4)12-28-48/h5-34H,1-4H3. The van der Waals surface area contributed by atoms with Gasteiger partial charge in [-0.15, -0.1) is 0 Å². The van der Waals surface area contributed by atoms with E-state index >= 15 is 0 Å². The summed E-state index contributed by atoms with van der Waals surface area (Å²) in [6.45, 7) is 8.52. The van der Waals surface area contributed by atoms with Gasteiger partial charge in [-0.25, -0.2) is 0 Å². The van der Waals surface area contributed by atoms with E-state index in [1.54, 1.807) is 0 Å². The molecule has 8 aromatic rings. The Morgan fingerprint density at radius 1 is 0.231 bits per heavy atom. The molecular formula is C50H42N2. The normalized spacial score (nSPS) is 11.1. The van der Waals surface area contributed by atoms with Crippen LogP contribution in [0, 0.1) is 27.7 Å². The van der Waals surface area contributed by atoms with Crippen LogP contribution in [0.3, 0.4) is 0 Å².